The minimum atomic E-state index is -0.653. The van der Waals surface area contributed by atoms with E-state index in [9.17, 15) is 14.7 Å². The molecule has 182 valence electrons. The Morgan fingerprint density at radius 3 is 2.62 bits per heavy atom. The number of nitrogens with zero attached hydrogens (tertiary/aromatic N) is 1. The molecule has 1 aromatic carbocycles. The van der Waals surface area contributed by atoms with Crippen LogP contribution < -0.4 is 4.74 Å². The molecular weight excluding hydrogens is 450 g/mol. The van der Waals surface area contributed by atoms with Crippen molar-refractivity contribution in [1.82, 2.24) is 4.90 Å². The van der Waals surface area contributed by atoms with Crippen molar-refractivity contribution in [3.63, 3.8) is 0 Å². The third kappa shape index (κ3) is 4.51. The van der Waals surface area contributed by atoms with Crippen molar-refractivity contribution in [2.45, 2.75) is 65.0 Å². The maximum Gasteiger partial charge on any atom is 0.295 e. The minimum Gasteiger partial charge on any atom is -0.507 e. The van der Waals surface area contributed by atoms with Gasteiger partial charge in [0.25, 0.3) is 11.7 Å². The fourth-order valence-electron chi connectivity index (χ4n) is 4.71. The molecule has 7 heteroatoms. The summed E-state index contributed by atoms with van der Waals surface area (Å²) in [6.07, 6.45) is 1.70. The first-order chi connectivity index (χ1) is 16.1. The van der Waals surface area contributed by atoms with Crippen molar-refractivity contribution >= 4 is 28.8 Å². The molecule has 0 saturated carbocycles. The summed E-state index contributed by atoms with van der Waals surface area (Å²) in [6, 6.07) is 6.79. The minimum absolute atomic E-state index is 0.0982. The maximum absolute atomic E-state index is 13.3. The van der Waals surface area contributed by atoms with Gasteiger partial charge in [0.15, 0.2) is 0 Å². The Hall–Kier alpha value is -2.64. The average Bonchev–Trinajstić information content (AvgIpc) is 3.50. The van der Waals surface area contributed by atoms with Gasteiger partial charge in [0, 0.05) is 29.2 Å². The quantitative estimate of drug-likeness (QED) is 0.340. The van der Waals surface area contributed by atoms with Crippen LogP contribution in [-0.2, 0) is 19.7 Å². The van der Waals surface area contributed by atoms with Gasteiger partial charge < -0.3 is 19.5 Å². The molecule has 2 aliphatic rings. The van der Waals surface area contributed by atoms with Gasteiger partial charge in [-0.3, -0.25) is 9.59 Å². The standard InChI is InChI=1S/C27H33NO5S/c1-6-32-20-10-9-17(14-19(20)27(3,4)5)23(29)21-22(25-16(2)11-13-34-25)28(26(31)24(21)30)15-18-8-7-12-33-18/h9-11,13-14,18,22,29H,6-8,12,15H2,1-5H3/b23-21-. The van der Waals surface area contributed by atoms with Crippen LogP contribution in [0.15, 0.2) is 35.2 Å². The zero-order valence-electron chi connectivity index (χ0n) is 20.5. The van der Waals surface area contributed by atoms with Crippen LogP contribution in [0.25, 0.3) is 5.76 Å². The van der Waals surface area contributed by atoms with Crippen molar-refractivity contribution in [2.75, 3.05) is 19.8 Å². The Labute approximate surface area is 205 Å². The Balaban J connectivity index is 1.84. The predicted molar refractivity (Wildman–Crippen MR) is 133 cm³/mol. The number of aryl methyl sites for hydroxylation is 1. The van der Waals surface area contributed by atoms with E-state index >= 15 is 0 Å². The van der Waals surface area contributed by atoms with E-state index in [2.05, 4.69) is 20.8 Å². The van der Waals surface area contributed by atoms with Crippen molar-refractivity contribution in [3.8, 4) is 5.75 Å². The van der Waals surface area contributed by atoms with Crippen LogP contribution >= 0.6 is 11.3 Å². The molecule has 34 heavy (non-hydrogen) atoms. The highest BCUT2D eigenvalue weighted by Gasteiger charge is 2.48. The number of ketones is 1. The number of aliphatic hydroxyl groups excluding tert-OH is 1. The zero-order valence-corrected chi connectivity index (χ0v) is 21.3. The molecule has 1 amide bonds. The third-order valence-electron chi connectivity index (χ3n) is 6.48. The van der Waals surface area contributed by atoms with Crippen LogP contribution in [0.3, 0.4) is 0 Å². The third-order valence-corrected chi connectivity index (χ3v) is 7.55. The number of aliphatic hydroxyl groups is 1. The number of amides is 1. The van der Waals surface area contributed by atoms with E-state index in [4.69, 9.17) is 9.47 Å². The fraction of sp³-hybridized carbons (Fsp3) is 0.481. The highest BCUT2D eigenvalue weighted by molar-refractivity contribution is 7.10. The molecule has 2 unspecified atom stereocenters. The average molecular weight is 484 g/mol. The van der Waals surface area contributed by atoms with Crippen molar-refractivity contribution < 1.29 is 24.2 Å². The Kier molecular flexibility index (Phi) is 6.87. The summed E-state index contributed by atoms with van der Waals surface area (Å²) in [5.74, 6) is -0.646. The summed E-state index contributed by atoms with van der Waals surface area (Å²) < 4.78 is 11.6. The van der Waals surface area contributed by atoms with Crippen molar-refractivity contribution in [2.24, 2.45) is 0 Å². The lowest BCUT2D eigenvalue weighted by molar-refractivity contribution is -0.140. The fourth-order valence-corrected chi connectivity index (χ4v) is 5.76. The number of likely N-dealkylation sites (tertiary alicyclic amines) is 1. The number of thiophene rings is 1. The molecule has 0 spiro atoms. The SMILES string of the molecule is CCOc1ccc(/C(O)=C2/C(=O)C(=O)N(CC3CCCO3)C2c2sccc2C)cc1C(C)(C)C. The molecule has 2 fully saturated rings. The highest BCUT2D eigenvalue weighted by Crippen LogP contribution is 2.44. The summed E-state index contributed by atoms with van der Waals surface area (Å²) in [4.78, 5) is 29.0. The van der Waals surface area contributed by atoms with E-state index in [1.807, 2.05) is 37.4 Å². The number of rotatable bonds is 6. The number of Topliss-reactive ketones (excluding diaryl/α,β-unsaturated/α-hetero) is 1. The molecule has 3 heterocycles. The Morgan fingerprint density at radius 2 is 2.03 bits per heavy atom. The second kappa shape index (κ2) is 9.55. The van der Waals surface area contributed by atoms with Gasteiger partial charge in [0.2, 0.25) is 0 Å². The van der Waals surface area contributed by atoms with E-state index < -0.39 is 17.7 Å². The first kappa shape index (κ1) is 24.5. The molecule has 4 rings (SSSR count). The molecule has 2 saturated heterocycles. The molecule has 0 bridgehead atoms. The second-order valence-electron chi connectivity index (χ2n) is 9.95. The molecular formula is C27H33NO5S. The summed E-state index contributed by atoms with van der Waals surface area (Å²) in [7, 11) is 0. The van der Waals surface area contributed by atoms with Gasteiger partial charge in [-0.05, 0) is 67.3 Å². The summed E-state index contributed by atoms with van der Waals surface area (Å²) in [6.45, 7) is 11.6. The topological polar surface area (TPSA) is 76.1 Å². The smallest absolute Gasteiger partial charge is 0.295 e. The Bertz CT molecular complexity index is 1120. The van der Waals surface area contributed by atoms with Crippen molar-refractivity contribution in [3.05, 3.63) is 56.8 Å². The lowest BCUT2D eigenvalue weighted by atomic mass is 9.84. The van der Waals surface area contributed by atoms with E-state index in [1.54, 1.807) is 11.0 Å². The van der Waals surface area contributed by atoms with E-state index in [1.165, 1.54) is 11.3 Å². The largest absolute Gasteiger partial charge is 0.507 e. The molecule has 6 nitrogen and oxygen atoms in total. The van der Waals surface area contributed by atoms with Crippen LogP contribution in [0, 0.1) is 6.92 Å². The van der Waals surface area contributed by atoms with Gasteiger partial charge in [-0.2, -0.15) is 0 Å². The van der Waals surface area contributed by atoms with Gasteiger partial charge in [0.05, 0.1) is 24.3 Å². The monoisotopic (exact) mass is 483 g/mol. The molecule has 2 aromatic rings. The first-order valence-electron chi connectivity index (χ1n) is 11.8. The molecule has 0 aliphatic carbocycles. The number of hydrogen-bond acceptors (Lipinski definition) is 6. The number of carbonyl (C=O) groups is 2. The normalized spacial score (nSPS) is 22.6. The first-order valence-corrected chi connectivity index (χ1v) is 12.7. The van der Waals surface area contributed by atoms with Crippen molar-refractivity contribution in [1.29, 1.82) is 0 Å². The summed E-state index contributed by atoms with van der Waals surface area (Å²) >= 11 is 1.49. The molecule has 1 aromatic heterocycles. The van der Waals surface area contributed by atoms with E-state index in [0.29, 0.717) is 25.3 Å². The molecule has 2 atom stereocenters. The summed E-state index contributed by atoms with van der Waals surface area (Å²) in [5.41, 5.74) is 2.31. The zero-order chi connectivity index (χ0) is 24.6. The van der Waals surface area contributed by atoms with E-state index in [0.717, 1.165) is 34.6 Å². The van der Waals surface area contributed by atoms with Crippen LogP contribution in [0.4, 0.5) is 0 Å². The molecule has 0 radical (unpaired) electrons. The Morgan fingerprint density at radius 1 is 1.26 bits per heavy atom. The molecule has 1 N–H and O–H groups in total. The van der Waals surface area contributed by atoms with Gasteiger partial charge in [-0.15, -0.1) is 11.3 Å². The highest BCUT2D eigenvalue weighted by atomic mass is 32.1. The van der Waals surface area contributed by atoms with Crippen LogP contribution in [0.1, 0.15) is 68.1 Å². The van der Waals surface area contributed by atoms with Crippen LogP contribution in [0.5, 0.6) is 5.75 Å². The van der Waals surface area contributed by atoms with Gasteiger partial charge in [-0.1, -0.05) is 20.8 Å². The number of benzene rings is 1. The number of carbonyl (C=O) groups excluding carboxylic acids is 2. The lowest BCUT2D eigenvalue weighted by Gasteiger charge is -2.27. The van der Waals surface area contributed by atoms with Crippen LogP contribution in [-0.4, -0.2) is 47.6 Å². The van der Waals surface area contributed by atoms with Gasteiger partial charge in [0.1, 0.15) is 11.5 Å². The molecule has 2 aliphatic heterocycles. The van der Waals surface area contributed by atoms with Crippen LogP contribution in [0.2, 0.25) is 0 Å². The van der Waals surface area contributed by atoms with Gasteiger partial charge in [-0.25, -0.2) is 0 Å². The predicted octanol–water partition coefficient (Wildman–Crippen LogP) is 5.35. The lowest BCUT2D eigenvalue weighted by Crippen LogP contribution is -2.36. The number of ether oxygens (including phenoxy) is 2. The second-order valence-corrected chi connectivity index (χ2v) is 10.9. The van der Waals surface area contributed by atoms with Gasteiger partial charge >= 0.3 is 0 Å². The summed E-state index contributed by atoms with van der Waals surface area (Å²) in [5, 5.41) is 13.4. The maximum atomic E-state index is 13.3. The van der Waals surface area contributed by atoms with E-state index in [-0.39, 0.29) is 22.9 Å². The number of hydrogen-bond donors (Lipinski definition) is 1.